The monoisotopic (exact) mass is 393 g/mol. The summed E-state index contributed by atoms with van der Waals surface area (Å²) in [6.45, 7) is 0.282. The largest absolute Gasteiger partial charge is 0.465 e. The van der Waals surface area contributed by atoms with Gasteiger partial charge in [-0.1, -0.05) is 36.4 Å². The molecule has 0 spiro atoms. The summed E-state index contributed by atoms with van der Waals surface area (Å²) in [6, 6.07) is 13.2. The molecule has 0 radical (unpaired) electrons. The fourth-order valence-corrected chi connectivity index (χ4v) is 3.88. The Labute approximate surface area is 166 Å². The number of rotatable bonds is 4. The van der Waals surface area contributed by atoms with E-state index in [4.69, 9.17) is 5.11 Å². The molecule has 2 aliphatic rings. The van der Waals surface area contributed by atoms with Crippen LogP contribution in [0, 0.1) is 0 Å². The Morgan fingerprint density at radius 3 is 2.55 bits per heavy atom. The van der Waals surface area contributed by atoms with Gasteiger partial charge in [0.15, 0.2) is 0 Å². The van der Waals surface area contributed by atoms with Crippen molar-refractivity contribution in [3.63, 3.8) is 0 Å². The first-order valence-corrected chi connectivity index (χ1v) is 9.26. The molecule has 29 heavy (non-hydrogen) atoms. The lowest BCUT2D eigenvalue weighted by molar-refractivity contribution is -0.153. The number of amides is 4. The van der Waals surface area contributed by atoms with Crippen molar-refractivity contribution in [1.29, 1.82) is 0 Å². The summed E-state index contributed by atoms with van der Waals surface area (Å²) in [5, 5.41) is 11.3. The van der Waals surface area contributed by atoms with Gasteiger partial charge in [-0.25, -0.2) is 4.79 Å². The lowest BCUT2D eigenvalue weighted by Gasteiger charge is -2.35. The molecule has 0 bridgehead atoms. The normalized spacial score (nSPS) is 18.8. The maximum absolute atomic E-state index is 13.1. The van der Waals surface area contributed by atoms with E-state index >= 15 is 0 Å². The molecule has 0 saturated carbocycles. The van der Waals surface area contributed by atoms with Gasteiger partial charge in [-0.05, 0) is 24.1 Å². The second-order valence-electron chi connectivity index (χ2n) is 7.05. The highest BCUT2D eigenvalue weighted by atomic mass is 16.4. The number of benzene rings is 2. The number of carbonyl (C=O) groups is 4. The minimum atomic E-state index is -1.22. The topological polar surface area (TPSA) is 107 Å². The zero-order valence-corrected chi connectivity index (χ0v) is 15.5. The fourth-order valence-electron chi connectivity index (χ4n) is 3.88. The average Bonchev–Trinajstić information content (AvgIpc) is 3.03. The minimum Gasteiger partial charge on any atom is -0.465 e. The second kappa shape index (κ2) is 7.38. The van der Waals surface area contributed by atoms with Gasteiger partial charge < -0.3 is 10.0 Å². The van der Waals surface area contributed by atoms with Crippen LogP contribution in [0.15, 0.2) is 48.5 Å². The molecular weight excluding hydrogens is 374 g/mol. The van der Waals surface area contributed by atoms with Gasteiger partial charge in [-0.3, -0.25) is 24.6 Å². The highest BCUT2D eigenvalue weighted by Crippen LogP contribution is 2.33. The predicted octanol–water partition coefficient (Wildman–Crippen LogP) is 2.45. The average molecular weight is 393 g/mol. The first kappa shape index (κ1) is 18.7. The van der Waals surface area contributed by atoms with Crippen molar-refractivity contribution in [1.82, 2.24) is 9.80 Å². The standard InChI is InChI=1S/C21H19N3O5/c25-18-10-9-17(20(27)24(18)11-13-5-2-1-3-6-13)23-12-15-14(19(23)26)7-4-8-16(15)22-21(28)29/h1-8,17,22H,9-12H2,(H,28,29). The van der Waals surface area contributed by atoms with Crippen LogP contribution in [0.3, 0.4) is 0 Å². The third-order valence-corrected chi connectivity index (χ3v) is 5.28. The van der Waals surface area contributed by atoms with E-state index in [0.717, 1.165) is 5.56 Å². The molecule has 8 heteroatoms. The number of hydrogen-bond acceptors (Lipinski definition) is 4. The second-order valence-corrected chi connectivity index (χ2v) is 7.05. The van der Waals surface area contributed by atoms with Crippen LogP contribution in [0.4, 0.5) is 10.5 Å². The highest BCUT2D eigenvalue weighted by Gasteiger charge is 2.43. The molecule has 148 valence electrons. The smallest absolute Gasteiger partial charge is 0.409 e. The molecule has 0 aliphatic carbocycles. The number of likely N-dealkylation sites (tertiary alicyclic amines) is 1. The van der Waals surface area contributed by atoms with Crippen molar-refractivity contribution in [2.24, 2.45) is 0 Å². The first-order valence-electron chi connectivity index (χ1n) is 9.26. The maximum atomic E-state index is 13.1. The number of fused-ring (bicyclic) bond motifs is 1. The van der Waals surface area contributed by atoms with Crippen molar-refractivity contribution in [3.05, 3.63) is 65.2 Å². The van der Waals surface area contributed by atoms with Gasteiger partial charge in [-0.15, -0.1) is 0 Å². The maximum Gasteiger partial charge on any atom is 0.409 e. The Bertz CT molecular complexity index is 1000. The quantitative estimate of drug-likeness (QED) is 0.776. The van der Waals surface area contributed by atoms with Gasteiger partial charge in [0.25, 0.3) is 11.8 Å². The molecule has 1 unspecified atom stereocenters. The van der Waals surface area contributed by atoms with Crippen LogP contribution in [0.2, 0.25) is 0 Å². The van der Waals surface area contributed by atoms with Gasteiger partial charge in [-0.2, -0.15) is 0 Å². The lowest BCUT2D eigenvalue weighted by Crippen LogP contribution is -2.54. The third kappa shape index (κ3) is 3.44. The van der Waals surface area contributed by atoms with Crippen LogP contribution in [-0.2, 0) is 22.7 Å². The molecule has 2 aromatic rings. The van der Waals surface area contributed by atoms with Gasteiger partial charge in [0.1, 0.15) is 6.04 Å². The molecule has 2 N–H and O–H groups in total. The summed E-state index contributed by atoms with van der Waals surface area (Å²) >= 11 is 0. The number of piperidine rings is 1. The van der Waals surface area contributed by atoms with E-state index in [2.05, 4.69) is 5.32 Å². The van der Waals surface area contributed by atoms with E-state index in [1.165, 1.54) is 9.80 Å². The fraction of sp³-hybridized carbons (Fsp3) is 0.238. The Morgan fingerprint density at radius 2 is 1.83 bits per heavy atom. The molecular formula is C21H19N3O5. The van der Waals surface area contributed by atoms with Crippen molar-refractivity contribution in [2.45, 2.75) is 32.0 Å². The molecule has 8 nitrogen and oxygen atoms in total. The molecule has 1 fully saturated rings. The zero-order valence-electron chi connectivity index (χ0n) is 15.5. The summed E-state index contributed by atoms with van der Waals surface area (Å²) in [4.78, 5) is 52.0. The van der Waals surface area contributed by atoms with Crippen molar-refractivity contribution in [2.75, 3.05) is 5.32 Å². The summed E-state index contributed by atoms with van der Waals surface area (Å²) < 4.78 is 0. The van der Waals surface area contributed by atoms with Gasteiger partial charge in [0.05, 0.1) is 6.54 Å². The predicted molar refractivity (Wildman–Crippen MR) is 103 cm³/mol. The van der Waals surface area contributed by atoms with Crippen LogP contribution in [0.25, 0.3) is 0 Å². The highest BCUT2D eigenvalue weighted by molar-refractivity contribution is 6.06. The first-order chi connectivity index (χ1) is 14.0. The van der Waals surface area contributed by atoms with Gasteiger partial charge in [0, 0.05) is 29.8 Å². The number of nitrogens with zero attached hydrogens (tertiary/aromatic N) is 2. The molecule has 1 atom stereocenters. The molecule has 4 amide bonds. The Hall–Kier alpha value is -3.68. The summed E-state index contributed by atoms with van der Waals surface area (Å²) in [6.07, 6.45) is -0.800. The summed E-state index contributed by atoms with van der Waals surface area (Å²) in [5.74, 6) is -0.993. The van der Waals surface area contributed by atoms with Crippen LogP contribution >= 0.6 is 0 Å². The molecule has 2 aromatic carbocycles. The van der Waals surface area contributed by atoms with E-state index in [1.807, 2.05) is 30.3 Å². The van der Waals surface area contributed by atoms with Crippen molar-refractivity contribution >= 4 is 29.5 Å². The van der Waals surface area contributed by atoms with Crippen LogP contribution in [0.5, 0.6) is 0 Å². The molecule has 0 aromatic heterocycles. The Morgan fingerprint density at radius 1 is 1.07 bits per heavy atom. The number of nitrogens with one attached hydrogen (secondary N) is 1. The third-order valence-electron chi connectivity index (χ3n) is 5.28. The molecule has 1 saturated heterocycles. The molecule has 2 heterocycles. The molecule has 2 aliphatic heterocycles. The minimum absolute atomic E-state index is 0.119. The van der Waals surface area contributed by atoms with E-state index in [1.54, 1.807) is 18.2 Å². The van der Waals surface area contributed by atoms with Crippen LogP contribution in [0.1, 0.15) is 34.3 Å². The van der Waals surface area contributed by atoms with E-state index in [-0.39, 0.29) is 37.7 Å². The van der Waals surface area contributed by atoms with Crippen molar-refractivity contribution < 1.29 is 24.3 Å². The summed E-state index contributed by atoms with van der Waals surface area (Å²) in [5.41, 5.74) is 2.07. The number of anilines is 1. The SMILES string of the molecule is O=C(O)Nc1cccc2c1CN(C1CCC(=O)N(Cc3ccccc3)C1=O)C2=O. The van der Waals surface area contributed by atoms with Gasteiger partial charge in [0.2, 0.25) is 5.91 Å². The Kier molecular flexibility index (Phi) is 4.75. The molecule has 4 rings (SSSR count). The van der Waals surface area contributed by atoms with Gasteiger partial charge >= 0.3 is 6.09 Å². The van der Waals surface area contributed by atoms with Crippen molar-refractivity contribution in [3.8, 4) is 0 Å². The Balaban J connectivity index is 1.58. The number of imide groups is 1. The van der Waals surface area contributed by atoms with E-state index < -0.39 is 18.0 Å². The van der Waals surface area contributed by atoms with Crippen LogP contribution < -0.4 is 5.32 Å². The number of carboxylic acid groups (broad SMARTS) is 1. The zero-order chi connectivity index (χ0) is 20.5. The van der Waals surface area contributed by atoms with Crippen LogP contribution in [-0.4, -0.2) is 44.8 Å². The number of carbonyl (C=O) groups excluding carboxylic acids is 3. The van der Waals surface area contributed by atoms with E-state index in [9.17, 15) is 19.2 Å². The summed E-state index contributed by atoms with van der Waals surface area (Å²) in [7, 11) is 0. The number of hydrogen-bond donors (Lipinski definition) is 2. The lowest BCUT2D eigenvalue weighted by atomic mass is 10.0. The van der Waals surface area contributed by atoms with E-state index in [0.29, 0.717) is 16.8 Å².